The topological polar surface area (TPSA) is 29.3 Å². The van der Waals surface area contributed by atoms with Crippen LogP contribution in [0.25, 0.3) is 0 Å². The normalized spacial score (nSPS) is 26.3. The Kier molecular flexibility index (Phi) is 5.19. The largest absolute Gasteiger partial charge is 0.329 e. The quantitative estimate of drug-likeness (QED) is 0.838. The van der Waals surface area contributed by atoms with Gasteiger partial charge in [0.2, 0.25) is 0 Å². The Morgan fingerprint density at radius 1 is 1.18 bits per heavy atom. The fourth-order valence-electron chi connectivity index (χ4n) is 3.44. The van der Waals surface area contributed by atoms with Crippen molar-refractivity contribution < 1.29 is 0 Å². The Balaban J connectivity index is 1.89. The Morgan fingerprint density at radius 3 is 2.41 bits per heavy atom. The van der Waals surface area contributed by atoms with Crippen LogP contribution < -0.4 is 5.73 Å². The summed E-state index contributed by atoms with van der Waals surface area (Å²) >= 11 is 2.09. The first-order chi connectivity index (χ1) is 8.27. The molecule has 17 heavy (non-hydrogen) atoms. The number of thioether (sulfide) groups is 1. The monoisotopic (exact) mass is 256 g/mol. The lowest BCUT2D eigenvalue weighted by Crippen LogP contribution is -2.55. The molecule has 2 N–H and O–H groups in total. The maximum atomic E-state index is 6.09. The summed E-state index contributed by atoms with van der Waals surface area (Å²) in [5.41, 5.74) is 6.42. The van der Waals surface area contributed by atoms with Crippen molar-refractivity contribution in [3.05, 3.63) is 0 Å². The van der Waals surface area contributed by atoms with Gasteiger partial charge in [0.05, 0.1) is 0 Å². The summed E-state index contributed by atoms with van der Waals surface area (Å²) in [6.07, 6.45) is 9.82. The SMILES string of the molecule is CN(CC1CCCCC1)C1(CN)CCSCC1. The zero-order valence-corrected chi connectivity index (χ0v) is 12.1. The lowest BCUT2D eigenvalue weighted by Gasteiger charge is -2.45. The highest BCUT2D eigenvalue weighted by molar-refractivity contribution is 7.99. The standard InChI is InChI=1S/C14H28N2S/c1-16(11-13-5-3-2-4-6-13)14(12-15)7-9-17-10-8-14/h13H,2-12,15H2,1H3. The summed E-state index contributed by atoms with van der Waals surface area (Å²) in [7, 11) is 2.32. The van der Waals surface area contributed by atoms with Crippen LogP contribution in [-0.2, 0) is 0 Å². The van der Waals surface area contributed by atoms with E-state index in [1.165, 1.54) is 63.0 Å². The number of rotatable bonds is 4. The highest BCUT2D eigenvalue weighted by Gasteiger charge is 2.35. The summed E-state index contributed by atoms with van der Waals surface area (Å²) in [4.78, 5) is 2.61. The molecule has 0 atom stereocenters. The van der Waals surface area contributed by atoms with Crippen LogP contribution in [0.15, 0.2) is 0 Å². The molecule has 0 spiro atoms. The van der Waals surface area contributed by atoms with E-state index in [0.29, 0.717) is 5.54 Å². The van der Waals surface area contributed by atoms with E-state index in [1.807, 2.05) is 0 Å². The Bertz CT molecular complexity index is 220. The maximum Gasteiger partial charge on any atom is 0.0344 e. The van der Waals surface area contributed by atoms with Crippen molar-refractivity contribution in [2.24, 2.45) is 11.7 Å². The third-order valence-electron chi connectivity index (χ3n) is 4.87. The minimum Gasteiger partial charge on any atom is -0.329 e. The minimum absolute atomic E-state index is 0.322. The van der Waals surface area contributed by atoms with E-state index in [-0.39, 0.29) is 0 Å². The maximum absolute atomic E-state index is 6.09. The van der Waals surface area contributed by atoms with E-state index in [0.717, 1.165) is 12.5 Å². The molecular weight excluding hydrogens is 228 g/mol. The van der Waals surface area contributed by atoms with Crippen LogP contribution in [0.2, 0.25) is 0 Å². The van der Waals surface area contributed by atoms with Crippen molar-refractivity contribution in [1.82, 2.24) is 4.90 Å². The van der Waals surface area contributed by atoms with Gasteiger partial charge >= 0.3 is 0 Å². The number of nitrogens with zero attached hydrogens (tertiary/aromatic N) is 1. The second-order valence-corrected chi connectivity index (χ2v) is 7.15. The third-order valence-corrected chi connectivity index (χ3v) is 5.86. The van der Waals surface area contributed by atoms with Gasteiger partial charge in [-0.05, 0) is 50.2 Å². The molecule has 1 saturated heterocycles. The molecule has 2 nitrogen and oxygen atoms in total. The molecule has 1 heterocycles. The predicted octanol–water partition coefficient (Wildman–Crippen LogP) is 2.72. The fourth-order valence-corrected chi connectivity index (χ4v) is 4.70. The Labute approximate surface area is 111 Å². The van der Waals surface area contributed by atoms with Crippen molar-refractivity contribution in [2.75, 3.05) is 31.6 Å². The molecule has 0 aromatic carbocycles. The first-order valence-electron chi connectivity index (χ1n) is 7.26. The second kappa shape index (κ2) is 6.44. The van der Waals surface area contributed by atoms with E-state index in [9.17, 15) is 0 Å². The van der Waals surface area contributed by atoms with Gasteiger partial charge < -0.3 is 5.73 Å². The molecule has 100 valence electrons. The predicted molar refractivity (Wildman–Crippen MR) is 77.5 cm³/mol. The molecule has 0 bridgehead atoms. The van der Waals surface area contributed by atoms with Gasteiger partial charge in [0.15, 0.2) is 0 Å². The van der Waals surface area contributed by atoms with Crippen molar-refractivity contribution in [3.8, 4) is 0 Å². The lowest BCUT2D eigenvalue weighted by atomic mass is 9.85. The average molecular weight is 256 g/mol. The fraction of sp³-hybridized carbons (Fsp3) is 1.00. The van der Waals surface area contributed by atoms with E-state index in [2.05, 4.69) is 23.7 Å². The molecular formula is C14H28N2S. The highest BCUT2D eigenvalue weighted by Crippen LogP contribution is 2.33. The van der Waals surface area contributed by atoms with Crippen molar-refractivity contribution in [3.63, 3.8) is 0 Å². The van der Waals surface area contributed by atoms with Crippen molar-refractivity contribution in [2.45, 2.75) is 50.5 Å². The molecule has 0 aromatic heterocycles. The van der Waals surface area contributed by atoms with Crippen LogP contribution in [-0.4, -0.2) is 42.1 Å². The van der Waals surface area contributed by atoms with Gasteiger partial charge in [0, 0.05) is 18.6 Å². The van der Waals surface area contributed by atoms with E-state index in [4.69, 9.17) is 5.73 Å². The second-order valence-electron chi connectivity index (χ2n) is 5.93. The van der Waals surface area contributed by atoms with Crippen LogP contribution in [0.5, 0.6) is 0 Å². The highest BCUT2D eigenvalue weighted by atomic mass is 32.2. The molecule has 1 aliphatic heterocycles. The summed E-state index contributed by atoms with van der Waals surface area (Å²) in [6.45, 7) is 2.12. The first kappa shape index (κ1) is 13.7. The molecule has 1 saturated carbocycles. The van der Waals surface area contributed by atoms with Crippen molar-refractivity contribution in [1.29, 1.82) is 0 Å². The van der Waals surface area contributed by atoms with E-state index < -0.39 is 0 Å². The molecule has 2 rings (SSSR count). The molecule has 1 aliphatic carbocycles. The van der Waals surface area contributed by atoms with E-state index in [1.54, 1.807) is 0 Å². The molecule has 2 fully saturated rings. The van der Waals surface area contributed by atoms with Crippen LogP contribution in [0.3, 0.4) is 0 Å². The molecule has 0 aromatic rings. The lowest BCUT2D eigenvalue weighted by molar-refractivity contribution is 0.0872. The Morgan fingerprint density at radius 2 is 1.82 bits per heavy atom. The van der Waals surface area contributed by atoms with Gasteiger partial charge in [0.1, 0.15) is 0 Å². The average Bonchev–Trinajstić information content (AvgIpc) is 2.40. The molecule has 3 heteroatoms. The third kappa shape index (κ3) is 3.39. The van der Waals surface area contributed by atoms with Crippen molar-refractivity contribution >= 4 is 11.8 Å². The summed E-state index contributed by atoms with van der Waals surface area (Å²) in [5.74, 6) is 3.53. The smallest absolute Gasteiger partial charge is 0.0344 e. The molecule has 2 aliphatic rings. The number of likely N-dealkylation sites (N-methyl/N-ethyl adjacent to an activating group) is 1. The van der Waals surface area contributed by atoms with Gasteiger partial charge in [0.25, 0.3) is 0 Å². The van der Waals surface area contributed by atoms with Gasteiger partial charge in [-0.2, -0.15) is 11.8 Å². The number of hydrogen-bond acceptors (Lipinski definition) is 3. The van der Waals surface area contributed by atoms with Gasteiger partial charge in [-0.25, -0.2) is 0 Å². The molecule has 0 unspecified atom stereocenters. The number of hydrogen-bond donors (Lipinski definition) is 1. The minimum atomic E-state index is 0.322. The zero-order chi connectivity index (χ0) is 12.1. The molecule has 0 radical (unpaired) electrons. The van der Waals surface area contributed by atoms with Crippen LogP contribution in [0, 0.1) is 5.92 Å². The van der Waals surface area contributed by atoms with Crippen LogP contribution in [0.4, 0.5) is 0 Å². The van der Waals surface area contributed by atoms with Gasteiger partial charge in [-0.1, -0.05) is 19.3 Å². The summed E-state index contributed by atoms with van der Waals surface area (Å²) < 4.78 is 0. The van der Waals surface area contributed by atoms with Gasteiger partial charge in [-0.3, -0.25) is 4.90 Å². The van der Waals surface area contributed by atoms with Crippen LogP contribution in [0.1, 0.15) is 44.9 Å². The van der Waals surface area contributed by atoms with Gasteiger partial charge in [-0.15, -0.1) is 0 Å². The summed E-state index contributed by atoms with van der Waals surface area (Å²) in [5, 5.41) is 0. The zero-order valence-electron chi connectivity index (χ0n) is 11.3. The first-order valence-corrected chi connectivity index (χ1v) is 8.41. The molecule has 0 amide bonds. The van der Waals surface area contributed by atoms with Crippen LogP contribution >= 0.6 is 11.8 Å². The summed E-state index contributed by atoms with van der Waals surface area (Å²) in [6, 6.07) is 0. The number of nitrogens with two attached hydrogens (primary N) is 1. The Hall–Kier alpha value is 0.270. The van der Waals surface area contributed by atoms with E-state index >= 15 is 0 Å².